The lowest BCUT2D eigenvalue weighted by atomic mass is 9.66. The van der Waals surface area contributed by atoms with Crippen molar-refractivity contribution < 1.29 is 14.3 Å². The second-order valence-corrected chi connectivity index (χ2v) is 10.7. The standard InChI is InChI=1S/C32H42FNO2/c1-2-3-4-5-6-7-8-9-10-11-12-25-19-21-32(22-20-25,31(35)36)29-17-15-26(16-18-29)27-13-14-28(24-34)30(33)23-27/h13-18,23,25H,2-12,19-22H2,1H3,(H,35,36). The average Bonchev–Trinajstić information content (AvgIpc) is 2.90. The molecule has 1 aliphatic rings. The Morgan fingerprint density at radius 3 is 2.00 bits per heavy atom. The number of carboxylic acids is 1. The van der Waals surface area contributed by atoms with Gasteiger partial charge in [-0.05, 0) is 60.4 Å². The Labute approximate surface area is 216 Å². The highest BCUT2D eigenvalue weighted by molar-refractivity contribution is 5.82. The highest BCUT2D eigenvalue weighted by Gasteiger charge is 2.43. The number of aliphatic carboxylic acids is 1. The molecular weight excluding hydrogens is 449 g/mol. The number of nitriles is 1. The van der Waals surface area contributed by atoms with Crippen LogP contribution in [0, 0.1) is 23.1 Å². The largest absolute Gasteiger partial charge is 0.481 e. The fourth-order valence-electron chi connectivity index (χ4n) is 5.77. The summed E-state index contributed by atoms with van der Waals surface area (Å²) in [4.78, 5) is 12.4. The molecule has 0 atom stereocenters. The van der Waals surface area contributed by atoms with Crippen LogP contribution in [0.4, 0.5) is 4.39 Å². The van der Waals surface area contributed by atoms with Gasteiger partial charge in [0.15, 0.2) is 0 Å². The Morgan fingerprint density at radius 1 is 0.917 bits per heavy atom. The highest BCUT2D eigenvalue weighted by atomic mass is 19.1. The summed E-state index contributed by atoms with van der Waals surface area (Å²) in [5.41, 5.74) is 1.53. The first-order chi connectivity index (χ1) is 17.5. The smallest absolute Gasteiger partial charge is 0.314 e. The summed E-state index contributed by atoms with van der Waals surface area (Å²) in [7, 11) is 0. The van der Waals surface area contributed by atoms with Crippen LogP contribution in [0.3, 0.4) is 0 Å². The molecule has 0 saturated heterocycles. The third-order valence-electron chi connectivity index (χ3n) is 8.19. The van der Waals surface area contributed by atoms with Crippen molar-refractivity contribution in [2.24, 2.45) is 5.92 Å². The van der Waals surface area contributed by atoms with Crippen LogP contribution in [0.1, 0.15) is 114 Å². The molecule has 3 nitrogen and oxygen atoms in total. The van der Waals surface area contributed by atoms with E-state index in [1.807, 2.05) is 30.3 Å². The predicted octanol–water partition coefficient (Wildman–Crippen LogP) is 9.19. The van der Waals surface area contributed by atoms with E-state index in [0.717, 1.165) is 24.0 Å². The number of benzene rings is 2. The molecule has 0 heterocycles. The topological polar surface area (TPSA) is 61.1 Å². The summed E-state index contributed by atoms with van der Waals surface area (Å²) >= 11 is 0. The second kappa shape index (κ2) is 14.2. The number of nitrogens with zero attached hydrogens (tertiary/aromatic N) is 1. The van der Waals surface area contributed by atoms with Gasteiger partial charge < -0.3 is 5.11 Å². The van der Waals surface area contributed by atoms with Gasteiger partial charge in [-0.25, -0.2) is 4.39 Å². The molecule has 0 amide bonds. The maximum absolute atomic E-state index is 14.0. The van der Waals surface area contributed by atoms with Crippen molar-refractivity contribution in [3.63, 3.8) is 0 Å². The zero-order valence-corrected chi connectivity index (χ0v) is 21.9. The number of carboxylic acid groups (broad SMARTS) is 1. The molecule has 1 N–H and O–H groups in total. The number of rotatable bonds is 14. The van der Waals surface area contributed by atoms with E-state index in [1.165, 1.54) is 82.8 Å². The lowest BCUT2D eigenvalue weighted by Gasteiger charge is -2.37. The van der Waals surface area contributed by atoms with Crippen molar-refractivity contribution in [2.75, 3.05) is 0 Å². The Bertz CT molecular complexity index is 1000. The molecule has 1 saturated carbocycles. The molecule has 0 aromatic heterocycles. The summed E-state index contributed by atoms with van der Waals surface area (Å²) in [6, 6.07) is 13.9. The third kappa shape index (κ3) is 7.42. The second-order valence-electron chi connectivity index (χ2n) is 10.7. The SMILES string of the molecule is CCCCCCCCCCCCC1CCC(C(=O)O)(c2ccc(-c3ccc(C#N)c(F)c3)cc2)CC1. The lowest BCUT2D eigenvalue weighted by molar-refractivity contribution is -0.145. The quantitative estimate of drug-likeness (QED) is 0.268. The van der Waals surface area contributed by atoms with Crippen LogP contribution in [0.25, 0.3) is 11.1 Å². The zero-order chi connectivity index (χ0) is 25.8. The number of carbonyl (C=O) groups is 1. The highest BCUT2D eigenvalue weighted by Crippen LogP contribution is 2.43. The number of unbranched alkanes of at least 4 members (excludes halogenated alkanes) is 9. The maximum Gasteiger partial charge on any atom is 0.314 e. The molecule has 3 rings (SSSR count). The van der Waals surface area contributed by atoms with E-state index >= 15 is 0 Å². The number of halogens is 1. The lowest BCUT2D eigenvalue weighted by Crippen LogP contribution is -2.39. The van der Waals surface area contributed by atoms with Crippen LogP contribution < -0.4 is 0 Å². The fourth-order valence-corrected chi connectivity index (χ4v) is 5.77. The number of hydrogen-bond donors (Lipinski definition) is 1. The molecule has 4 heteroatoms. The van der Waals surface area contributed by atoms with Crippen molar-refractivity contribution in [2.45, 2.75) is 109 Å². The molecule has 1 aliphatic carbocycles. The number of hydrogen-bond acceptors (Lipinski definition) is 2. The van der Waals surface area contributed by atoms with Crippen LogP contribution >= 0.6 is 0 Å². The van der Waals surface area contributed by atoms with E-state index in [1.54, 1.807) is 6.07 Å². The summed E-state index contributed by atoms with van der Waals surface area (Å²) in [5, 5.41) is 19.1. The Hall–Kier alpha value is -2.67. The first kappa shape index (κ1) is 27.9. The molecule has 0 bridgehead atoms. The molecular formula is C32H42FNO2. The van der Waals surface area contributed by atoms with E-state index < -0.39 is 17.2 Å². The summed E-state index contributed by atoms with van der Waals surface area (Å²) in [6.07, 6.45) is 17.9. The normalized spacial score (nSPS) is 19.6. The molecule has 36 heavy (non-hydrogen) atoms. The van der Waals surface area contributed by atoms with Gasteiger partial charge in [0.25, 0.3) is 0 Å². The minimum absolute atomic E-state index is 0.0229. The van der Waals surface area contributed by atoms with Crippen molar-refractivity contribution >= 4 is 5.97 Å². The van der Waals surface area contributed by atoms with Crippen molar-refractivity contribution in [1.82, 2.24) is 0 Å². The first-order valence-electron chi connectivity index (χ1n) is 14.0. The van der Waals surface area contributed by atoms with Gasteiger partial charge in [-0.15, -0.1) is 0 Å². The average molecular weight is 492 g/mol. The minimum atomic E-state index is -0.831. The molecule has 0 spiro atoms. The van der Waals surface area contributed by atoms with Gasteiger partial charge in [0.2, 0.25) is 0 Å². The van der Waals surface area contributed by atoms with Crippen molar-refractivity contribution in [3.05, 3.63) is 59.4 Å². The van der Waals surface area contributed by atoms with Crippen molar-refractivity contribution in [1.29, 1.82) is 5.26 Å². The molecule has 1 fully saturated rings. The summed E-state index contributed by atoms with van der Waals surface area (Å²) in [5.74, 6) is -0.647. The molecule has 0 aliphatic heterocycles. The van der Waals surface area contributed by atoms with Crippen LogP contribution in [0.5, 0.6) is 0 Å². The van der Waals surface area contributed by atoms with E-state index in [0.29, 0.717) is 24.3 Å². The predicted molar refractivity (Wildman–Crippen MR) is 144 cm³/mol. The van der Waals surface area contributed by atoms with Crippen molar-refractivity contribution in [3.8, 4) is 17.2 Å². The monoisotopic (exact) mass is 491 g/mol. The minimum Gasteiger partial charge on any atom is -0.481 e. The Morgan fingerprint density at radius 2 is 1.47 bits per heavy atom. The van der Waals surface area contributed by atoms with Gasteiger partial charge in [-0.2, -0.15) is 5.26 Å². The Kier molecular flexibility index (Phi) is 11.0. The molecule has 2 aromatic rings. The van der Waals surface area contributed by atoms with E-state index in [9.17, 15) is 14.3 Å². The van der Waals surface area contributed by atoms with Crippen LogP contribution in [-0.2, 0) is 10.2 Å². The van der Waals surface area contributed by atoms with Crippen LogP contribution in [-0.4, -0.2) is 11.1 Å². The fraction of sp³-hybridized carbons (Fsp3) is 0.562. The van der Waals surface area contributed by atoms with Gasteiger partial charge >= 0.3 is 5.97 Å². The molecule has 0 radical (unpaired) electrons. The summed E-state index contributed by atoms with van der Waals surface area (Å²) < 4.78 is 14.0. The summed E-state index contributed by atoms with van der Waals surface area (Å²) in [6.45, 7) is 2.26. The van der Waals surface area contributed by atoms with Gasteiger partial charge in [0.1, 0.15) is 11.9 Å². The van der Waals surface area contributed by atoms with E-state index in [2.05, 4.69) is 6.92 Å². The molecule has 194 valence electrons. The van der Waals surface area contributed by atoms with E-state index in [-0.39, 0.29) is 5.56 Å². The van der Waals surface area contributed by atoms with Gasteiger partial charge in [-0.1, -0.05) is 108 Å². The zero-order valence-electron chi connectivity index (χ0n) is 21.9. The third-order valence-corrected chi connectivity index (χ3v) is 8.19. The van der Waals surface area contributed by atoms with Gasteiger partial charge in [-0.3, -0.25) is 4.79 Å². The Balaban J connectivity index is 1.47. The molecule has 2 aromatic carbocycles. The first-order valence-corrected chi connectivity index (χ1v) is 14.0. The van der Waals surface area contributed by atoms with Gasteiger partial charge in [0, 0.05) is 0 Å². The van der Waals surface area contributed by atoms with Crippen LogP contribution in [0.15, 0.2) is 42.5 Å². The maximum atomic E-state index is 14.0. The van der Waals surface area contributed by atoms with E-state index in [4.69, 9.17) is 5.26 Å². The van der Waals surface area contributed by atoms with Gasteiger partial charge in [0.05, 0.1) is 11.0 Å². The molecule has 0 unspecified atom stereocenters. The van der Waals surface area contributed by atoms with Crippen LogP contribution in [0.2, 0.25) is 0 Å².